The van der Waals surface area contributed by atoms with Gasteiger partial charge in [0.15, 0.2) is 0 Å². The van der Waals surface area contributed by atoms with Crippen LogP contribution in [-0.2, 0) is 9.59 Å². The van der Waals surface area contributed by atoms with Gasteiger partial charge in [-0.05, 0) is 43.8 Å². The topological polar surface area (TPSA) is 70.7 Å². The maximum atomic E-state index is 13.0. The number of hydrogen-bond donors (Lipinski definition) is 2. The molecule has 1 aliphatic heterocycles. The molecule has 1 saturated heterocycles. The first kappa shape index (κ1) is 24.2. The molecule has 0 saturated carbocycles. The molecule has 0 bridgehead atoms. The number of amides is 2. The Morgan fingerprint density at radius 2 is 1.73 bits per heavy atom. The van der Waals surface area contributed by atoms with Crippen LogP contribution in [0, 0.1) is 11.8 Å². The quantitative estimate of drug-likeness (QED) is 0.611. The first-order chi connectivity index (χ1) is 14.3. The number of rotatable bonds is 10. The van der Waals surface area contributed by atoms with Crippen LogP contribution in [0.25, 0.3) is 0 Å². The molecule has 2 N–H and O–H groups in total. The summed E-state index contributed by atoms with van der Waals surface area (Å²) < 4.78 is 5.60. The van der Waals surface area contributed by atoms with Gasteiger partial charge in [-0.3, -0.25) is 14.5 Å². The Kier molecular flexibility index (Phi) is 9.63. The first-order valence-corrected chi connectivity index (χ1v) is 11.3. The molecule has 0 aliphatic carbocycles. The highest BCUT2D eigenvalue weighted by molar-refractivity contribution is 5.87. The van der Waals surface area contributed by atoms with Crippen LogP contribution in [-0.4, -0.2) is 49.5 Å². The number of likely N-dealkylation sites (tertiary alicyclic amines) is 1. The molecular formula is C24H39N3O3. The molecule has 6 nitrogen and oxygen atoms in total. The molecule has 6 heteroatoms. The largest absolute Gasteiger partial charge is 0.496 e. The Morgan fingerprint density at radius 3 is 2.33 bits per heavy atom. The highest BCUT2D eigenvalue weighted by Crippen LogP contribution is 2.31. The minimum atomic E-state index is -0.532. The van der Waals surface area contributed by atoms with E-state index in [1.807, 2.05) is 45.9 Å². The number of piperidine rings is 1. The SMILES string of the molecule is COc1ccccc1C(CNC(=O)C(NC(=O)CC(C)C)C(C)C)N1CCCCC1. The number of hydrogen-bond acceptors (Lipinski definition) is 4. The minimum absolute atomic E-state index is 0.0146. The van der Waals surface area contributed by atoms with E-state index < -0.39 is 6.04 Å². The van der Waals surface area contributed by atoms with Gasteiger partial charge in [-0.2, -0.15) is 0 Å². The average molecular weight is 418 g/mol. The Morgan fingerprint density at radius 1 is 1.07 bits per heavy atom. The predicted octanol–water partition coefficient (Wildman–Crippen LogP) is 3.53. The molecular weight excluding hydrogens is 378 g/mol. The van der Waals surface area contributed by atoms with Crippen LogP contribution >= 0.6 is 0 Å². The Labute approximate surface area is 181 Å². The second-order valence-electron chi connectivity index (χ2n) is 8.99. The van der Waals surface area contributed by atoms with Gasteiger partial charge < -0.3 is 15.4 Å². The fourth-order valence-corrected chi connectivity index (χ4v) is 4.05. The third-order valence-corrected chi connectivity index (χ3v) is 5.66. The molecule has 0 aromatic heterocycles. The molecule has 1 fully saturated rings. The van der Waals surface area contributed by atoms with Crippen molar-refractivity contribution in [3.8, 4) is 5.75 Å². The first-order valence-electron chi connectivity index (χ1n) is 11.3. The highest BCUT2D eigenvalue weighted by Gasteiger charge is 2.28. The predicted molar refractivity (Wildman–Crippen MR) is 120 cm³/mol. The van der Waals surface area contributed by atoms with Gasteiger partial charge in [0.2, 0.25) is 11.8 Å². The molecule has 2 unspecified atom stereocenters. The molecule has 30 heavy (non-hydrogen) atoms. The van der Waals surface area contributed by atoms with Gasteiger partial charge in [0, 0.05) is 18.5 Å². The Bertz CT molecular complexity index is 684. The fraction of sp³-hybridized carbons (Fsp3) is 0.667. The van der Waals surface area contributed by atoms with E-state index in [0.29, 0.717) is 13.0 Å². The summed E-state index contributed by atoms with van der Waals surface area (Å²) in [5.74, 6) is 0.916. The average Bonchev–Trinajstić information content (AvgIpc) is 2.72. The summed E-state index contributed by atoms with van der Waals surface area (Å²) in [6, 6.07) is 7.54. The lowest BCUT2D eigenvalue weighted by atomic mass is 9.99. The number of ether oxygens (including phenoxy) is 1. The molecule has 0 spiro atoms. The minimum Gasteiger partial charge on any atom is -0.496 e. The van der Waals surface area contributed by atoms with E-state index in [9.17, 15) is 9.59 Å². The second-order valence-corrected chi connectivity index (χ2v) is 8.99. The van der Waals surface area contributed by atoms with E-state index in [2.05, 4.69) is 21.6 Å². The van der Waals surface area contributed by atoms with Gasteiger partial charge in [-0.25, -0.2) is 0 Å². The van der Waals surface area contributed by atoms with Crippen molar-refractivity contribution in [1.29, 1.82) is 0 Å². The maximum absolute atomic E-state index is 13.0. The lowest BCUT2D eigenvalue weighted by Crippen LogP contribution is -2.51. The number of para-hydroxylation sites is 1. The number of nitrogens with zero attached hydrogens (tertiary/aromatic N) is 1. The summed E-state index contributed by atoms with van der Waals surface area (Å²) in [5.41, 5.74) is 1.09. The molecule has 168 valence electrons. The Balaban J connectivity index is 2.12. The van der Waals surface area contributed by atoms with E-state index in [0.717, 1.165) is 24.4 Å². The number of nitrogens with one attached hydrogen (secondary N) is 2. The van der Waals surface area contributed by atoms with Crippen molar-refractivity contribution in [3.05, 3.63) is 29.8 Å². The van der Waals surface area contributed by atoms with Crippen molar-refractivity contribution in [3.63, 3.8) is 0 Å². The lowest BCUT2D eigenvalue weighted by molar-refractivity contribution is -0.130. The summed E-state index contributed by atoms with van der Waals surface area (Å²) in [5, 5.41) is 6.04. The number of carbonyl (C=O) groups is 2. The zero-order valence-corrected chi connectivity index (χ0v) is 19.2. The fourth-order valence-electron chi connectivity index (χ4n) is 4.05. The number of methoxy groups -OCH3 is 1. The third kappa shape index (κ3) is 7.01. The summed E-state index contributed by atoms with van der Waals surface area (Å²) in [6.45, 7) is 10.4. The summed E-state index contributed by atoms with van der Waals surface area (Å²) >= 11 is 0. The highest BCUT2D eigenvalue weighted by atomic mass is 16.5. The maximum Gasteiger partial charge on any atom is 0.242 e. The van der Waals surface area contributed by atoms with Crippen molar-refractivity contribution < 1.29 is 14.3 Å². The number of carbonyl (C=O) groups excluding carboxylic acids is 2. The lowest BCUT2D eigenvalue weighted by Gasteiger charge is -2.36. The third-order valence-electron chi connectivity index (χ3n) is 5.66. The van der Waals surface area contributed by atoms with Crippen molar-refractivity contribution in [2.75, 3.05) is 26.7 Å². The zero-order valence-electron chi connectivity index (χ0n) is 19.2. The van der Waals surface area contributed by atoms with Crippen LogP contribution in [0.5, 0.6) is 5.75 Å². The molecule has 2 atom stereocenters. The van der Waals surface area contributed by atoms with Gasteiger partial charge >= 0.3 is 0 Å². The Hall–Kier alpha value is -2.08. The summed E-state index contributed by atoms with van der Waals surface area (Å²) in [6.07, 6.45) is 4.01. The monoisotopic (exact) mass is 417 g/mol. The van der Waals surface area contributed by atoms with E-state index in [4.69, 9.17) is 4.74 Å². The van der Waals surface area contributed by atoms with Gasteiger partial charge in [0.25, 0.3) is 0 Å². The van der Waals surface area contributed by atoms with Gasteiger partial charge in [-0.1, -0.05) is 52.3 Å². The normalized spacial score (nSPS) is 16.9. The molecule has 1 aliphatic rings. The molecule has 1 aromatic carbocycles. The van der Waals surface area contributed by atoms with Crippen LogP contribution in [0.2, 0.25) is 0 Å². The van der Waals surface area contributed by atoms with Crippen LogP contribution in [0.4, 0.5) is 0 Å². The van der Waals surface area contributed by atoms with E-state index in [-0.39, 0.29) is 29.7 Å². The van der Waals surface area contributed by atoms with Crippen molar-refractivity contribution in [2.45, 2.75) is 65.5 Å². The van der Waals surface area contributed by atoms with Crippen LogP contribution in [0.15, 0.2) is 24.3 Å². The molecule has 2 amide bonds. The standard InChI is InChI=1S/C24H39N3O3/c1-17(2)15-22(28)26-23(18(3)4)24(29)25-16-20(27-13-9-6-10-14-27)19-11-7-8-12-21(19)30-5/h7-8,11-12,17-18,20,23H,6,9-10,13-16H2,1-5H3,(H,25,29)(H,26,28). The zero-order chi connectivity index (χ0) is 22.1. The molecule has 0 radical (unpaired) electrons. The van der Waals surface area contributed by atoms with E-state index >= 15 is 0 Å². The van der Waals surface area contributed by atoms with Gasteiger partial charge in [-0.15, -0.1) is 0 Å². The molecule has 1 heterocycles. The van der Waals surface area contributed by atoms with Gasteiger partial charge in [0.1, 0.15) is 11.8 Å². The van der Waals surface area contributed by atoms with E-state index in [1.54, 1.807) is 7.11 Å². The van der Waals surface area contributed by atoms with Crippen molar-refractivity contribution >= 4 is 11.8 Å². The van der Waals surface area contributed by atoms with Crippen molar-refractivity contribution in [1.82, 2.24) is 15.5 Å². The van der Waals surface area contributed by atoms with Gasteiger partial charge in [0.05, 0.1) is 13.2 Å². The molecule has 2 rings (SSSR count). The molecule has 1 aromatic rings. The second kappa shape index (κ2) is 11.9. The summed E-state index contributed by atoms with van der Waals surface area (Å²) in [4.78, 5) is 27.7. The number of benzene rings is 1. The van der Waals surface area contributed by atoms with Crippen LogP contribution in [0.1, 0.15) is 65.0 Å². The van der Waals surface area contributed by atoms with Crippen LogP contribution in [0.3, 0.4) is 0 Å². The van der Waals surface area contributed by atoms with Crippen LogP contribution < -0.4 is 15.4 Å². The van der Waals surface area contributed by atoms with Crippen molar-refractivity contribution in [2.24, 2.45) is 11.8 Å². The smallest absolute Gasteiger partial charge is 0.242 e. The summed E-state index contributed by atoms with van der Waals surface area (Å²) in [7, 11) is 1.68. The van der Waals surface area contributed by atoms with E-state index in [1.165, 1.54) is 19.3 Å².